The lowest BCUT2D eigenvalue weighted by Crippen LogP contribution is -2.42. The van der Waals surface area contributed by atoms with Crippen LogP contribution >= 0.6 is 50.7 Å². The van der Waals surface area contributed by atoms with Gasteiger partial charge in [0, 0.05) is 17.6 Å². The van der Waals surface area contributed by atoms with E-state index in [0.29, 0.717) is 0 Å². The molecule has 3 N–H and O–H groups in total. The molecule has 230 valence electrons. The molecule has 0 aliphatic carbocycles. The highest BCUT2D eigenvalue weighted by molar-refractivity contribution is 9.10. The van der Waals surface area contributed by atoms with E-state index in [-0.39, 0.29) is 26.3 Å². The Morgan fingerprint density at radius 1 is 0.930 bits per heavy atom. The van der Waals surface area contributed by atoms with Crippen LogP contribution in [-0.2, 0) is 11.2 Å². The SMILES string of the molecule is CC(C)(C)NC(=O)Oc1c(F)ccc(NC(=O)c2cc(NC(=O)CC(Cl)(Cl)Cc3cc(F)cc(Br)c3F)ccc2Cl)c1F. The molecule has 7 nitrogen and oxygen atoms in total. The lowest BCUT2D eigenvalue weighted by atomic mass is 10.1. The third-order valence-corrected chi connectivity index (χ3v) is 6.84. The van der Waals surface area contributed by atoms with E-state index < -0.39 is 75.3 Å². The van der Waals surface area contributed by atoms with Gasteiger partial charge in [-0.15, -0.1) is 23.2 Å². The number of carbonyl (C=O) groups is 3. The van der Waals surface area contributed by atoms with Gasteiger partial charge in [0.15, 0.2) is 11.6 Å². The van der Waals surface area contributed by atoms with Crippen molar-refractivity contribution in [1.82, 2.24) is 5.32 Å². The van der Waals surface area contributed by atoms with Crippen LogP contribution in [0, 0.1) is 23.3 Å². The summed E-state index contributed by atoms with van der Waals surface area (Å²) >= 11 is 21.5. The molecule has 43 heavy (non-hydrogen) atoms. The number of hydrogen-bond acceptors (Lipinski definition) is 4. The van der Waals surface area contributed by atoms with Gasteiger partial charge in [-0.2, -0.15) is 0 Å². The molecule has 0 radical (unpaired) electrons. The number of rotatable bonds is 8. The molecular weight excluding hydrogens is 705 g/mol. The van der Waals surface area contributed by atoms with Crippen LogP contribution in [0.15, 0.2) is 46.9 Å². The lowest BCUT2D eigenvalue weighted by molar-refractivity contribution is -0.116. The zero-order valence-corrected chi connectivity index (χ0v) is 26.5. The van der Waals surface area contributed by atoms with Crippen LogP contribution in [0.3, 0.4) is 0 Å². The summed E-state index contributed by atoms with van der Waals surface area (Å²) in [6.45, 7) is 4.90. The van der Waals surface area contributed by atoms with Crippen LogP contribution in [0.5, 0.6) is 5.75 Å². The van der Waals surface area contributed by atoms with Crippen molar-refractivity contribution < 1.29 is 36.7 Å². The maximum Gasteiger partial charge on any atom is 0.413 e. The van der Waals surface area contributed by atoms with E-state index in [0.717, 1.165) is 24.3 Å². The van der Waals surface area contributed by atoms with Gasteiger partial charge in [-0.3, -0.25) is 9.59 Å². The highest BCUT2D eigenvalue weighted by Gasteiger charge is 2.30. The topological polar surface area (TPSA) is 96.5 Å². The van der Waals surface area contributed by atoms with Crippen molar-refractivity contribution >= 4 is 80.0 Å². The molecule has 3 rings (SSSR count). The zero-order valence-electron chi connectivity index (χ0n) is 22.6. The number of halogens is 8. The highest BCUT2D eigenvalue weighted by Crippen LogP contribution is 2.34. The molecule has 3 aromatic rings. The quantitative estimate of drug-likeness (QED) is 0.123. The van der Waals surface area contributed by atoms with E-state index in [4.69, 9.17) is 39.5 Å². The smallest absolute Gasteiger partial charge is 0.404 e. The molecule has 0 unspecified atom stereocenters. The Kier molecular flexibility index (Phi) is 11.0. The van der Waals surface area contributed by atoms with Gasteiger partial charge in [0.2, 0.25) is 11.7 Å². The summed E-state index contributed by atoms with van der Waals surface area (Å²) in [5.41, 5.74) is -1.59. The Bertz CT molecular complexity index is 1590. The molecular formula is C28H23BrCl3F4N3O4. The summed E-state index contributed by atoms with van der Waals surface area (Å²) in [6.07, 6.45) is -2.08. The number of anilines is 2. The maximum atomic E-state index is 15.0. The Morgan fingerprint density at radius 3 is 2.26 bits per heavy atom. The second kappa shape index (κ2) is 13.7. The first-order valence-electron chi connectivity index (χ1n) is 12.3. The predicted octanol–water partition coefficient (Wildman–Crippen LogP) is 8.54. The molecule has 3 amide bonds. The fourth-order valence-electron chi connectivity index (χ4n) is 3.63. The highest BCUT2D eigenvalue weighted by atomic mass is 79.9. The average molecular weight is 728 g/mol. The van der Waals surface area contributed by atoms with Crippen LogP contribution in [0.25, 0.3) is 0 Å². The van der Waals surface area contributed by atoms with Crippen molar-refractivity contribution in [2.45, 2.75) is 43.5 Å². The first-order chi connectivity index (χ1) is 19.8. The van der Waals surface area contributed by atoms with Crippen LogP contribution in [-0.4, -0.2) is 27.8 Å². The number of amides is 3. The predicted molar refractivity (Wildman–Crippen MR) is 160 cm³/mol. The monoisotopic (exact) mass is 725 g/mol. The van der Waals surface area contributed by atoms with E-state index in [1.165, 1.54) is 18.2 Å². The van der Waals surface area contributed by atoms with Crippen LogP contribution < -0.4 is 20.7 Å². The standard InChI is InChI=1S/C28H23BrCl3F4N3O4/c1-27(2,3)39-26(42)43-24-19(34)6-7-20(23(24)36)38-25(41)16-10-15(4-5-18(16)30)37-21(40)12-28(31,32)11-13-8-14(33)9-17(29)22(13)35/h4-10H,11-12H2,1-3H3,(H,37,40)(H,38,41)(H,39,42). The molecule has 0 saturated heterocycles. The number of carbonyl (C=O) groups excluding carboxylic acids is 3. The van der Waals surface area contributed by atoms with Crippen molar-refractivity contribution in [3.63, 3.8) is 0 Å². The number of nitrogens with one attached hydrogen (secondary N) is 3. The van der Waals surface area contributed by atoms with Gasteiger partial charge in [-0.05, 0) is 84.7 Å². The largest absolute Gasteiger partial charge is 0.413 e. The minimum Gasteiger partial charge on any atom is -0.404 e. The van der Waals surface area contributed by atoms with Crippen molar-refractivity contribution in [1.29, 1.82) is 0 Å². The molecule has 15 heteroatoms. The van der Waals surface area contributed by atoms with Crippen molar-refractivity contribution in [3.05, 3.63) is 86.4 Å². The van der Waals surface area contributed by atoms with Gasteiger partial charge in [0.05, 0.1) is 27.2 Å². The Labute approximate surface area is 267 Å². The molecule has 0 aliphatic heterocycles. The van der Waals surface area contributed by atoms with Crippen molar-refractivity contribution in [2.75, 3.05) is 10.6 Å². The first kappa shape index (κ1) is 34.4. The fourth-order valence-corrected chi connectivity index (χ4v) is 4.84. The van der Waals surface area contributed by atoms with E-state index in [2.05, 4.69) is 31.9 Å². The molecule has 0 atom stereocenters. The van der Waals surface area contributed by atoms with Gasteiger partial charge < -0.3 is 20.7 Å². The van der Waals surface area contributed by atoms with E-state index in [1.54, 1.807) is 20.8 Å². The van der Waals surface area contributed by atoms with Gasteiger partial charge in [0.1, 0.15) is 16.0 Å². The maximum absolute atomic E-state index is 15.0. The molecule has 0 fully saturated rings. The summed E-state index contributed by atoms with van der Waals surface area (Å²) in [5, 5.41) is 6.98. The van der Waals surface area contributed by atoms with Gasteiger partial charge in [-0.25, -0.2) is 22.4 Å². The number of alkyl halides is 2. The molecule has 0 spiro atoms. The zero-order chi connectivity index (χ0) is 32.3. The molecule has 0 aromatic heterocycles. The molecule has 3 aromatic carbocycles. The van der Waals surface area contributed by atoms with E-state index >= 15 is 4.39 Å². The summed E-state index contributed by atoms with van der Waals surface area (Å²) in [5.74, 6) is -6.81. The van der Waals surface area contributed by atoms with E-state index in [9.17, 15) is 27.6 Å². The first-order valence-corrected chi connectivity index (χ1v) is 14.2. The summed E-state index contributed by atoms with van der Waals surface area (Å²) < 4.78 is 60.1. The summed E-state index contributed by atoms with van der Waals surface area (Å²) in [4.78, 5) is 37.6. The van der Waals surface area contributed by atoms with Crippen LogP contribution in [0.4, 0.5) is 33.7 Å². The minimum absolute atomic E-state index is 0.0609. The van der Waals surface area contributed by atoms with Gasteiger partial charge in [0.25, 0.3) is 5.91 Å². The average Bonchev–Trinajstić information content (AvgIpc) is 2.86. The van der Waals surface area contributed by atoms with Gasteiger partial charge >= 0.3 is 6.09 Å². The van der Waals surface area contributed by atoms with Crippen molar-refractivity contribution in [2.24, 2.45) is 0 Å². The Morgan fingerprint density at radius 2 is 1.60 bits per heavy atom. The molecule has 0 bridgehead atoms. The molecule has 0 saturated carbocycles. The van der Waals surface area contributed by atoms with Crippen molar-refractivity contribution in [3.8, 4) is 5.75 Å². The normalized spacial score (nSPS) is 11.6. The lowest BCUT2D eigenvalue weighted by Gasteiger charge is -2.20. The third-order valence-electron chi connectivity index (χ3n) is 5.40. The second-order valence-corrected chi connectivity index (χ2v) is 13.2. The summed E-state index contributed by atoms with van der Waals surface area (Å²) in [7, 11) is 0. The Balaban J connectivity index is 1.73. The van der Waals surface area contributed by atoms with Gasteiger partial charge in [-0.1, -0.05) is 11.6 Å². The van der Waals surface area contributed by atoms with Crippen LogP contribution in [0.1, 0.15) is 43.1 Å². The minimum atomic E-state index is -1.84. The fraction of sp³-hybridized carbons (Fsp3) is 0.250. The summed E-state index contributed by atoms with van der Waals surface area (Å²) in [6, 6.07) is 7.32. The molecule has 0 aliphatic rings. The third kappa shape index (κ3) is 9.72. The van der Waals surface area contributed by atoms with E-state index in [1.807, 2.05) is 0 Å². The molecule has 0 heterocycles. The number of ether oxygens (including phenoxy) is 1. The second-order valence-electron chi connectivity index (χ2n) is 10.3. The number of benzene rings is 3. The van der Waals surface area contributed by atoms with Crippen LogP contribution in [0.2, 0.25) is 5.02 Å². The Hall–Kier alpha value is -3.06. The number of hydrogen-bond donors (Lipinski definition) is 3.